The highest BCUT2D eigenvalue weighted by atomic mass is 16.2. The van der Waals surface area contributed by atoms with E-state index >= 15 is 0 Å². The average Bonchev–Trinajstić information content (AvgIpc) is 2.43. The fraction of sp³-hybridized carbons (Fsp3) is 0.778. The van der Waals surface area contributed by atoms with E-state index in [0.29, 0.717) is 0 Å². The molecule has 0 aromatic rings. The van der Waals surface area contributed by atoms with Gasteiger partial charge in [0.15, 0.2) is 0 Å². The van der Waals surface area contributed by atoms with Crippen LogP contribution in [0, 0.1) is 0 Å². The molecule has 0 aromatic carbocycles. The van der Waals surface area contributed by atoms with Crippen molar-refractivity contribution in [3.8, 4) is 0 Å². The quantitative estimate of drug-likeness (QED) is 0.311. The van der Waals surface area contributed by atoms with Crippen LogP contribution in [0.5, 0.6) is 0 Å². The fourth-order valence-electron chi connectivity index (χ4n) is 2.11. The summed E-state index contributed by atoms with van der Waals surface area (Å²) in [6, 6.07) is 0. The van der Waals surface area contributed by atoms with Crippen LogP contribution in [0.15, 0.2) is 24.3 Å². The van der Waals surface area contributed by atoms with Crippen LogP contribution >= 0.6 is 0 Å². The Morgan fingerprint density at radius 1 is 0.579 bits per heavy atom. The summed E-state index contributed by atoms with van der Waals surface area (Å²) in [5, 5.41) is 8.61. The summed E-state index contributed by atoms with van der Waals surface area (Å²) < 4.78 is 0. The highest BCUT2D eigenvalue weighted by Crippen LogP contribution is 2.08. The number of hydrogen-bond acceptors (Lipinski definition) is 1. The van der Waals surface area contributed by atoms with E-state index in [4.69, 9.17) is 5.11 Å². The molecular weight excluding hydrogens is 232 g/mol. The molecule has 112 valence electrons. The van der Waals surface area contributed by atoms with Crippen LogP contribution in [0.2, 0.25) is 0 Å². The third kappa shape index (κ3) is 17.4. The Morgan fingerprint density at radius 2 is 1.00 bits per heavy atom. The van der Waals surface area contributed by atoms with Crippen LogP contribution in [0.25, 0.3) is 0 Å². The molecule has 0 amide bonds. The third-order valence-electron chi connectivity index (χ3n) is 3.35. The van der Waals surface area contributed by atoms with Gasteiger partial charge >= 0.3 is 0 Å². The molecule has 1 N–H and O–H groups in total. The fourth-order valence-corrected chi connectivity index (χ4v) is 2.11. The molecule has 0 fully saturated rings. The van der Waals surface area contributed by atoms with E-state index in [1.807, 2.05) is 0 Å². The lowest BCUT2D eigenvalue weighted by Gasteiger charge is -1.97. The summed E-state index contributed by atoms with van der Waals surface area (Å²) >= 11 is 0. The predicted octanol–water partition coefficient (Wildman–Crippen LogP) is 5.79. The molecule has 0 aliphatic rings. The number of aliphatic hydroxyl groups excluding tert-OH is 1. The van der Waals surface area contributed by atoms with Crippen molar-refractivity contribution in [1.82, 2.24) is 0 Å². The largest absolute Gasteiger partial charge is 0.396 e. The zero-order chi connectivity index (χ0) is 14.0. The van der Waals surface area contributed by atoms with Gasteiger partial charge < -0.3 is 5.11 Å². The average molecular weight is 266 g/mol. The Hall–Kier alpha value is -0.560. The van der Waals surface area contributed by atoms with Crippen LogP contribution in [0.4, 0.5) is 0 Å². The van der Waals surface area contributed by atoms with Crippen LogP contribution in [0.1, 0.15) is 84.0 Å². The van der Waals surface area contributed by atoms with Gasteiger partial charge in [-0.3, -0.25) is 0 Å². The van der Waals surface area contributed by atoms with Gasteiger partial charge in [0.05, 0.1) is 0 Å². The summed E-state index contributed by atoms with van der Waals surface area (Å²) in [6.45, 7) is 2.54. The zero-order valence-electron chi connectivity index (χ0n) is 12.9. The highest BCUT2D eigenvalue weighted by Gasteiger charge is 1.88. The lowest BCUT2D eigenvalue weighted by atomic mass is 10.1. The number of allylic oxidation sites excluding steroid dienone is 3. The van der Waals surface area contributed by atoms with Crippen molar-refractivity contribution < 1.29 is 5.11 Å². The van der Waals surface area contributed by atoms with Gasteiger partial charge in [0.2, 0.25) is 0 Å². The third-order valence-corrected chi connectivity index (χ3v) is 3.35. The molecule has 0 heterocycles. The van der Waals surface area contributed by atoms with Crippen molar-refractivity contribution in [2.45, 2.75) is 84.0 Å². The first-order valence-electron chi connectivity index (χ1n) is 8.32. The first kappa shape index (κ1) is 18.4. The first-order chi connectivity index (χ1) is 9.41. The highest BCUT2D eigenvalue weighted by molar-refractivity contribution is 4.82. The minimum absolute atomic E-state index is 0.279. The molecular formula is C18H34O. The van der Waals surface area contributed by atoms with Gasteiger partial charge in [0.25, 0.3) is 0 Å². The number of aliphatic hydroxyl groups is 1. The van der Waals surface area contributed by atoms with E-state index in [0.717, 1.165) is 6.42 Å². The van der Waals surface area contributed by atoms with Crippen molar-refractivity contribution in [2.75, 3.05) is 6.61 Å². The van der Waals surface area contributed by atoms with Gasteiger partial charge in [-0.05, 0) is 44.9 Å². The van der Waals surface area contributed by atoms with E-state index in [1.54, 1.807) is 0 Å². The van der Waals surface area contributed by atoms with Crippen LogP contribution in [-0.4, -0.2) is 11.7 Å². The Kier molecular flexibility index (Phi) is 16.9. The molecule has 0 spiro atoms. The monoisotopic (exact) mass is 266 g/mol. The molecule has 0 aromatic heterocycles. The molecule has 1 nitrogen and oxygen atoms in total. The molecule has 0 aliphatic heterocycles. The standard InChI is InChI=1S/C18H34O/c1-2-3-4-5-6-7-8-9-10-11-12-13-14-15-16-17-18-19/h7-8,15-16,19H,2-6,9-14,17-18H2,1H3/b8-7+,16-15+. The number of unbranched alkanes of at least 4 members (excludes halogenated alkanes) is 9. The van der Waals surface area contributed by atoms with E-state index in [1.165, 1.54) is 70.6 Å². The second-order valence-corrected chi connectivity index (χ2v) is 5.30. The molecule has 0 saturated heterocycles. The van der Waals surface area contributed by atoms with Gasteiger partial charge in [-0.25, -0.2) is 0 Å². The minimum Gasteiger partial charge on any atom is -0.396 e. The minimum atomic E-state index is 0.279. The maximum absolute atomic E-state index is 8.61. The maximum atomic E-state index is 8.61. The molecule has 0 radical (unpaired) electrons. The lowest BCUT2D eigenvalue weighted by molar-refractivity contribution is 0.302. The van der Waals surface area contributed by atoms with Gasteiger partial charge in [-0.2, -0.15) is 0 Å². The van der Waals surface area contributed by atoms with Crippen molar-refractivity contribution >= 4 is 0 Å². The van der Waals surface area contributed by atoms with Gasteiger partial charge in [0.1, 0.15) is 0 Å². The van der Waals surface area contributed by atoms with Crippen molar-refractivity contribution in [3.05, 3.63) is 24.3 Å². The molecule has 0 atom stereocenters. The summed E-state index contributed by atoms with van der Waals surface area (Å²) in [7, 11) is 0. The SMILES string of the molecule is CCCCCC/C=C/CCCCCC/C=C/CCO. The van der Waals surface area contributed by atoms with Crippen LogP contribution in [0.3, 0.4) is 0 Å². The maximum Gasteiger partial charge on any atom is 0.0465 e. The van der Waals surface area contributed by atoms with Crippen LogP contribution < -0.4 is 0 Å². The summed E-state index contributed by atoms with van der Waals surface area (Å²) in [5.74, 6) is 0. The zero-order valence-corrected chi connectivity index (χ0v) is 12.9. The summed E-state index contributed by atoms with van der Waals surface area (Å²) in [5.41, 5.74) is 0. The van der Waals surface area contributed by atoms with Gasteiger partial charge in [0, 0.05) is 6.61 Å². The second-order valence-electron chi connectivity index (χ2n) is 5.30. The number of rotatable bonds is 14. The Labute approximate surface area is 120 Å². The van der Waals surface area contributed by atoms with E-state index in [2.05, 4.69) is 31.2 Å². The molecule has 0 aliphatic carbocycles. The normalized spacial score (nSPS) is 11.9. The van der Waals surface area contributed by atoms with Crippen molar-refractivity contribution in [2.24, 2.45) is 0 Å². The first-order valence-corrected chi connectivity index (χ1v) is 8.32. The Bertz CT molecular complexity index is 206. The molecule has 0 unspecified atom stereocenters. The molecule has 0 bridgehead atoms. The van der Waals surface area contributed by atoms with E-state index < -0.39 is 0 Å². The summed E-state index contributed by atoms with van der Waals surface area (Å²) in [4.78, 5) is 0. The Morgan fingerprint density at radius 3 is 1.42 bits per heavy atom. The molecule has 19 heavy (non-hydrogen) atoms. The molecule has 0 saturated carbocycles. The van der Waals surface area contributed by atoms with E-state index in [-0.39, 0.29) is 6.61 Å². The topological polar surface area (TPSA) is 20.2 Å². The van der Waals surface area contributed by atoms with Gasteiger partial charge in [-0.1, -0.05) is 63.3 Å². The smallest absolute Gasteiger partial charge is 0.0465 e. The molecule has 0 rings (SSSR count). The lowest BCUT2D eigenvalue weighted by Crippen LogP contribution is -1.78. The van der Waals surface area contributed by atoms with Gasteiger partial charge in [-0.15, -0.1) is 0 Å². The van der Waals surface area contributed by atoms with Crippen molar-refractivity contribution in [3.63, 3.8) is 0 Å². The van der Waals surface area contributed by atoms with Crippen LogP contribution in [-0.2, 0) is 0 Å². The molecule has 1 heteroatoms. The van der Waals surface area contributed by atoms with E-state index in [9.17, 15) is 0 Å². The Balaban J connectivity index is 3.07. The van der Waals surface area contributed by atoms with Crippen molar-refractivity contribution in [1.29, 1.82) is 0 Å². The second kappa shape index (κ2) is 17.4. The number of hydrogen-bond donors (Lipinski definition) is 1. The summed E-state index contributed by atoms with van der Waals surface area (Å²) in [6.07, 6.45) is 24.3. The predicted molar refractivity (Wildman–Crippen MR) is 86.4 cm³/mol.